The SMILES string of the molecule is CN1C(=O)CN=C1c1cccc(-c2ccccc2)c1. The van der Waals surface area contributed by atoms with Crippen molar-refractivity contribution in [3.05, 3.63) is 60.2 Å². The Hall–Kier alpha value is -2.42. The normalized spacial score (nSPS) is 14.7. The smallest absolute Gasteiger partial charge is 0.249 e. The zero-order chi connectivity index (χ0) is 13.2. The summed E-state index contributed by atoms with van der Waals surface area (Å²) in [7, 11) is 1.77. The maximum absolute atomic E-state index is 11.5. The van der Waals surface area contributed by atoms with Gasteiger partial charge in [-0.25, -0.2) is 0 Å². The van der Waals surface area contributed by atoms with Gasteiger partial charge in [-0.2, -0.15) is 0 Å². The van der Waals surface area contributed by atoms with E-state index in [1.807, 2.05) is 30.3 Å². The van der Waals surface area contributed by atoms with E-state index in [0.29, 0.717) is 0 Å². The van der Waals surface area contributed by atoms with Crippen LogP contribution in [0.5, 0.6) is 0 Å². The molecule has 2 aromatic carbocycles. The molecular formula is C16H14N2O. The number of amides is 1. The van der Waals surface area contributed by atoms with Crippen molar-refractivity contribution in [3.63, 3.8) is 0 Å². The van der Waals surface area contributed by atoms with Crippen molar-refractivity contribution < 1.29 is 4.79 Å². The summed E-state index contributed by atoms with van der Waals surface area (Å²) >= 11 is 0. The molecule has 0 atom stereocenters. The molecule has 94 valence electrons. The molecular weight excluding hydrogens is 236 g/mol. The van der Waals surface area contributed by atoms with Crippen molar-refractivity contribution >= 4 is 11.7 Å². The molecule has 0 bridgehead atoms. The van der Waals surface area contributed by atoms with Crippen LogP contribution in [-0.4, -0.2) is 30.2 Å². The van der Waals surface area contributed by atoms with Gasteiger partial charge in [0.15, 0.2) is 0 Å². The van der Waals surface area contributed by atoms with Crippen molar-refractivity contribution in [1.29, 1.82) is 0 Å². The summed E-state index contributed by atoms with van der Waals surface area (Å²) in [5.41, 5.74) is 3.28. The van der Waals surface area contributed by atoms with E-state index in [-0.39, 0.29) is 12.5 Å². The van der Waals surface area contributed by atoms with Crippen molar-refractivity contribution in [2.24, 2.45) is 4.99 Å². The van der Waals surface area contributed by atoms with Crippen LogP contribution >= 0.6 is 0 Å². The van der Waals surface area contributed by atoms with Crippen LogP contribution in [0, 0.1) is 0 Å². The molecule has 0 fully saturated rings. The number of hydrogen-bond donors (Lipinski definition) is 0. The molecule has 0 aliphatic carbocycles. The number of likely N-dealkylation sites (N-methyl/N-ethyl adjacent to an activating group) is 1. The molecule has 0 N–H and O–H groups in total. The molecule has 2 aromatic rings. The van der Waals surface area contributed by atoms with Gasteiger partial charge in [0.2, 0.25) is 5.91 Å². The molecule has 0 spiro atoms. The van der Waals surface area contributed by atoms with Gasteiger partial charge in [0, 0.05) is 12.6 Å². The third kappa shape index (κ3) is 2.15. The molecule has 19 heavy (non-hydrogen) atoms. The molecule has 3 rings (SSSR count). The maximum atomic E-state index is 11.5. The fourth-order valence-electron chi connectivity index (χ4n) is 2.23. The molecule has 0 saturated carbocycles. The molecule has 1 aliphatic heterocycles. The number of nitrogens with zero attached hydrogens (tertiary/aromatic N) is 2. The molecule has 0 aromatic heterocycles. The van der Waals surface area contributed by atoms with E-state index >= 15 is 0 Å². The summed E-state index contributed by atoms with van der Waals surface area (Å²) in [5.74, 6) is 0.794. The van der Waals surface area contributed by atoms with E-state index in [4.69, 9.17) is 0 Å². The Kier molecular flexibility index (Phi) is 2.88. The number of aliphatic imine (C=N–C) groups is 1. The highest BCUT2D eigenvalue weighted by Gasteiger charge is 2.22. The van der Waals surface area contributed by atoms with Gasteiger partial charge in [0.05, 0.1) is 0 Å². The van der Waals surface area contributed by atoms with Crippen LogP contribution < -0.4 is 0 Å². The average Bonchev–Trinajstić information content (AvgIpc) is 2.80. The number of rotatable bonds is 2. The van der Waals surface area contributed by atoms with E-state index in [1.54, 1.807) is 11.9 Å². The van der Waals surface area contributed by atoms with Gasteiger partial charge in [0.1, 0.15) is 12.4 Å². The standard InChI is InChI=1S/C16H14N2O/c1-18-15(19)11-17-16(18)14-9-5-8-13(10-14)12-6-3-2-4-7-12/h2-10H,11H2,1H3. The predicted molar refractivity (Wildman–Crippen MR) is 76.1 cm³/mol. The zero-order valence-corrected chi connectivity index (χ0v) is 10.7. The minimum Gasteiger partial charge on any atom is -0.298 e. The first kappa shape index (κ1) is 11.7. The largest absolute Gasteiger partial charge is 0.298 e. The van der Waals surface area contributed by atoms with Crippen molar-refractivity contribution in [1.82, 2.24) is 4.90 Å². The summed E-state index contributed by atoms with van der Waals surface area (Å²) < 4.78 is 0. The monoisotopic (exact) mass is 250 g/mol. The number of hydrogen-bond acceptors (Lipinski definition) is 2. The lowest BCUT2D eigenvalue weighted by Crippen LogP contribution is -2.28. The van der Waals surface area contributed by atoms with Gasteiger partial charge < -0.3 is 0 Å². The highest BCUT2D eigenvalue weighted by atomic mass is 16.2. The highest BCUT2D eigenvalue weighted by molar-refractivity contribution is 6.12. The first-order valence-corrected chi connectivity index (χ1v) is 6.22. The minimum atomic E-state index is 0.0418. The van der Waals surface area contributed by atoms with Crippen LogP contribution in [0.25, 0.3) is 11.1 Å². The van der Waals surface area contributed by atoms with Crippen molar-refractivity contribution in [2.75, 3.05) is 13.6 Å². The Morgan fingerprint density at radius 1 is 0.947 bits per heavy atom. The van der Waals surface area contributed by atoms with E-state index < -0.39 is 0 Å². The Labute approximate surface area is 112 Å². The van der Waals surface area contributed by atoms with E-state index in [0.717, 1.165) is 22.5 Å². The maximum Gasteiger partial charge on any atom is 0.249 e. The second-order valence-corrected chi connectivity index (χ2v) is 4.54. The molecule has 3 nitrogen and oxygen atoms in total. The summed E-state index contributed by atoms with van der Waals surface area (Å²) in [5, 5.41) is 0. The number of carbonyl (C=O) groups is 1. The predicted octanol–water partition coefficient (Wildman–Crippen LogP) is 2.57. The fraction of sp³-hybridized carbons (Fsp3) is 0.125. The van der Waals surface area contributed by atoms with Crippen molar-refractivity contribution in [2.45, 2.75) is 0 Å². The Morgan fingerprint density at radius 3 is 2.32 bits per heavy atom. The molecule has 1 aliphatic rings. The number of carbonyl (C=O) groups excluding carboxylic acids is 1. The van der Waals surface area contributed by atoms with Crippen LogP contribution in [0.3, 0.4) is 0 Å². The Bertz CT molecular complexity index is 647. The van der Waals surface area contributed by atoms with Gasteiger partial charge in [-0.05, 0) is 17.2 Å². The molecule has 0 radical (unpaired) electrons. The van der Waals surface area contributed by atoms with Crippen LogP contribution in [0.2, 0.25) is 0 Å². The topological polar surface area (TPSA) is 32.7 Å². The molecule has 3 heteroatoms. The summed E-state index contributed by atoms with van der Waals surface area (Å²) in [6, 6.07) is 18.3. The first-order chi connectivity index (χ1) is 9.25. The number of benzene rings is 2. The van der Waals surface area contributed by atoms with Crippen molar-refractivity contribution in [3.8, 4) is 11.1 Å². The van der Waals surface area contributed by atoms with Crippen LogP contribution in [-0.2, 0) is 4.79 Å². The van der Waals surface area contributed by atoms with E-state index in [9.17, 15) is 4.79 Å². The second-order valence-electron chi connectivity index (χ2n) is 4.54. The third-order valence-electron chi connectivity index (χ3n) is 3.28. The number of amidine groups is 1. The molecule has 1 amide bonds. The summed E-state index contributed by atoms with van der Waals surface area (Å²) in [4.78, 5) is 17.4. The third-order valence-corrected chi connectivity index (χ3v) is 3.28. The summed E-state index contributed by atoms with van der Waals surface area (Å²) in [6.07, 6.45) is 0. The lowest BCUT2D eigenvalue weighted by atomic mass is 10.0. The first-order valence-electron chi connectivity index (χ1n) is 6.22. The highest BCUT2D eigenvalue weighted by Crippen LogP contribution is 2.21. The summed E-state index contributed by atoms with van der Waals surface area (Å²) in [6.45, 7) is 0.251. The quantitative estimate of drug-likeness (QED) is 0.806. The fourth-order valence-corrected chi connectivity index (χ4v) is 2.23. The lowest BCUT2D eigenvalue weighted by molar-refractivity contribution is -0.123. The minimum absolute atomic E-state index is 0.0418. The molecule has 0 saturated heterocycles. The van der Waals surface area contributed by atoms with Crippen LogP contribution in [0.1, 0.15) is 5.56 Å². The van der Waals surface area contributed by atoms with Gasteiger partial charge in [-0.1, -0.05) is 48.5 Å². The van der Waals surface area contributed by atoms with Gasteiger partial charge in [-0.3, -0.25) is 14.7 Å². The van der Waals surface area contributed by atoms with Crippen LogP contribution in [0.15, 0.2) is 59.6 Å². The zero-order valence-electron chi connectivity index (χ0n) is 10.7. The molecule has 0 unspecified atom stereocenters. The lowest BCUT2D eigenvalue weighted by Gasteiger charge is -2.13. The average molecular weight is 250 g/mol. The van der Waals surface area contributed by atoms with Gasteiger partial charge in [0.25, 0.3) is 0 Å². The van der Waals surface area contributed by atoms with Gasteiger partial charge in [-0.15, -0.1) is 0 Å². The van der Waals surface area contributed by atoms with E-state index in [1.165, 1.54) is 0 Å². The van der Waals surface area contributed by atoms with E-state index in [2.05, 4.69) is 29.3 Å². The van der Waals surface area contributed by atoms with Gasteiger partial charge >= 0.3 is 0 Å². The Balaban J connectivity index is 2.00. The Morgan fingerprint density at radius 2 is 1.63 bits per heavy atom. The molecule has 1 heterocycles. The van der Waals surface area contributed by atoms with Crippen LogP contribution in [0.4, 0.5) is 0 Å². The second kappa shape index (κ2) is 4.69.